The van der Waals surface area contributed by atoms with Crippen LogP contribution in [0.15, 0.2) is 0 Å². The highest BCUT2D eigenvalue weighted by atomic mass is 35.5. The van der Waals surface area contributed by atoms with E-state index in [4.69, 9.17) is 37.4 Å². The average molecular weight is 245 g/mol. The lowest BCUT2D eigenvalue weighted by Gasteiger charge is -2.28. The van der Waals surface area contributed by atoms with Crippen molar-refractivity contribution in [3.8, 4) is 0 Å². The molecule has 0 fully saturated rings. The zero-order valence-electron chi connectivity index (χ0n) is 8.72. The Morgan fingerprint density at radius 2 is 1.57 bits per heavy atom. The lowest BCUT2D eigenvalue weighted by molar-refractivity contribution is -0.00125. The fourth-order valence-electron chi connectivity index (χ4n) is 0.969. The van der Waals surface area contributed by atoms with E-state index in [0.29, 0.717) is 38.2 Å². The standard InChI is InChI=1S/C9H18Cl2O3/c1-12-3-4-14-8-9(5-10,6-11)7-13-2/h3-8H2,1-2H3. The number of methoxy groups -OCH3 is 2. The lowest BCUT2D eigenvalue weighted by atomic mass is 9.95. The van der Waals surface area contributed by atoms with Gasteiger partial charge >= 0.3 is 0 Å². The Balaban J connectivity index is 3.82. The summed E-state index contributed by atoms with van der Waals surface area (Å²) in [6.45, 7) is 2.13. The van der Waals surface area contributed by atoms with E-state index in [2.05, 4.69) is 0 Å². The van der Waals surface area contributed by atoms with Crippen LogP contribution in [-0.2, 0) is 14.2 Å². The summed E-state index contributed by atoms with van der Waals surface area (Å²) >= 11 is 11.7. The minimum atomic E-state index is -0.286. The summed E-state index contributed by atoms with van der Waals surface area (Å²) in [5, 5.41) is 0. The summed E-state index contributed by atoms with van der Waals surface area (Å²) in [7, 11) is 3.26. The second-order valence-electron chi connectivity index (χ2n) is 3.25. The van der Waals surface area contributed by atoms with Crippen LogP contribution in [-0.4, -0.2) is 52.4 Å². The van der Waals surface area contributed by atoms with Crippen LogP contribution in [0.25, 0.3) is 0 Å². The van der Waals surface area contributed by atoms with Crippen molar-refractivity contribution in [1.82, 2.24) is 0 Å². The Morgan fingerprint density at radius 3 is 2.00 bits per heavy atom. The summed E-state index contributed by atoms with van der Waals surface area (Å²) < 4.78 is 15.3. The van der Waals surface area contributed by atoms with Crippen LogP contribution in [0.3, 0.4) is 0 Å². The number of hydrogen-bond acceptors (Lipinski definition) is 3. The molecule has 0 aromatic heterocycles. The van der Waals surface area contributed by atoms with Gasteiger partial charge in [0.1, 0.15) is 0 Å². The van der Waals surface area contributed by atoms with Gasteiger partial charge in [-0.25, -0.2) is 0 Å². The Bertz CT molecular complexity index is 129. The maximum atomic E-state index is 5.84. The largest absolute Gasteiger partial charge is 0.384 e. The molecule has 0 aromatic carbocycles. The molecule has 0 spiro atoms. The second kappa shape index (κ2) is 8.74. The molecule has 0 saturated carbocycles. The molecule has 0 aliphatic carbocycles. The Morgan fingerprint density at radius 1 is 0.929 bits per heavy atom. The SMILES string of the molecule is COCCOCC(CCl)(CCl)COC. The first-order chi connectivity index (χ1) is 6.74. The minimum absolute atomic E-state index is 0.286. The molecule has 5 heteroatoms. The molecule has 3 nitrogen and oxygen atoms in total. The van der Waals surface area contributed by atoms with Crippen LogP contribution in [0.4, 0.5) is 0 Å². The number of alkyl halides is 2. The molecule has 0 bridgehead atoms. The third kappa shape index (κ3) is 5.37. The van der Waals surface area contributed by atoms with Gasteiger partial charge in [-0.05, 0) is 0 Å². The molecule has 14 heavy (non-hydrogen) atoms. The lowest BCUT2D eigenvalue weighted by Crippen LogP contribution is -2.36. The highest BCUT2D eigenvalue weighted by molar-refractivity contribution is 6.21. The monoisotopic (exact) mass is 244 g/mol. The van der Waals surface area contributed by atoms with E-state index in [1.807, 2.05) is 0 Å². The molecule has 0 atom stereocenters. The van der Waals surface area contributed by atoms with Crippen molar-refractivity contribution in [2.75, 3.05) is 52.4 Å². The molecule has 0 radical (unpaired) electrons. The Labute approximate surface area is 95.6 Å². The van der Waals surface area contributed by atoms with E-state index in [1.165, 1.54) is 0 Å². The second-order valence-corrected chi connectivity index (χ2v) is 3.78. The first-order valence-corrected chi connectivity index (χ1v) is 5.49. The molecule has 0 rings (SSSR count). The van der Waals surface area contributed by atoms with Crippen molar-refractivity contribution in [3.05, 3.63) is 0 Å². The van der Waals surface area contributed by atoms with Crippen molar-refractivity contribution in [3.63, 3.8) is 0 Å². The van der Waals surface area contributed by atoms with Gasteiger partial charge in [-0.3, -0.25) is 0 Å². The van der Waals surface area contributed by atoms with Crippen LogP contribution >= 0.6 is 23.2 Å². The molecule has 0 unspecified atom stereocenters. The first kappa shape index (κ1) is 14.5. The van der Waals surface area contributed by atoms with Crippen LogP contribution in [0, 0.1) is 5.41 Å². The predicted octanol–water partition coefficient (Wildman–Crippen LogP) is 1.76. The zero-order valence-corrected chi connectivity index (χ0v) is 10.2. The Hall–Kier alpha value is 0.460. The van der Waals surface area contributed by atoms with Crippen molar-refractivity contribution < 1.29 is 14.2 Å². The molecule has 0 aromatic rings. The van der Waals surface area contributed by atoms with Gasteiger partial charge in [-0.2, -0.15) is 0 Å². The van der Waals surface area contributed by atoms with Gasteiger partial charge < -0.3 is 14.2 Å². The maximum Gasteiger partial charge on any atom is 0.0700 e. The van der Waals surface area contributed by atoms with Gasteiger partial charge in [0.25, 0.3) is 0 Å². The molecule has 0 N–H and O–H groups in total. The van der Waals surface area contributed by atoms with Gasteiger partial charge in [0.2, 0.25) is 0 Å². The van der Waals surface area contributed by atoms with Crippen molar-refractivity contribution in [1.29, 1.82) is 0 Å². The minimum Gasteiger partial charge on any atom is -0.384 e. The van der Waals surface area contributed by atoms with Crippen LogP contribution in [0.1, 0.15) is 0 Å². The molecule has 0 heterocycles. The fraction of sp³-hybridized carbons (Fsp3) is 1.00. The van der Waals surface area contributed by atoms with Crippen molar-refractivity contribution in [2.45, 2.75) is 0 Å². The van der Waals surface area contributed by atoms with Gasteiger partial charge in [0.15, 0.2) is 0 Å². The summed E-state index contributed by atoms with van der Waals surface area (Å²) in [6.07, 6.45) is 0. The van der Waals surface area contributed by atoms with Gasteiger partial charge in [0, 0.05) is 31.4 Å². The third-order valence-corrected chi connectivity index (χ3v) is 2.99. The topological polar surface area (TPSA) is 27.7 Å². The average Bonchev–Trinajstić information content (AvgIpc) is 2.23. The van der Waals surface area contributed by atoms with Crippen LogP contribution in [0.2, 0.25) is 0 Å². The van der Waals surface area contributed by atoms with Gasteiger partial charge in [0.05, 0.1) is 26.4 Å². The molecule has 86 valence electrons. The van der Waals surface area contributed by atoms with Crippen molar-refractivity contribution >= 4 is 23.2 Å². The summed E-state index contributed by atoms with van der Waals surface area (Å²) in [4.78, 5) is 0. The van der Waals surface area contributed by atoms with E-state index < -0.39 is 0 Å². The van der Waals surface area contributed by atoms with E-state index in [1.54, 1.807) is 14.2 Å². The summed E-state index contributed by atoms with van der Waals surface area (Å²) in [5.74, 6) is 0.856. The summed E-state index contributed by atoms with van der Waals surface area (Å²) in [5.41, 5.74) is -0.286. The molecule has 0 aliphatic heterocycles. The highest BCUT2D eigenvalue weighted by Gasteiger charge is 2.28. The summed E-state index contributed by atoms with van der Waals surface area (Å²) in [6, 6.07) is 0. The van der Waals surface area contributed by atoms with E-state index in [0.717, 1.165) is 0 Å². The highest BCUT2D eigenvalue weighted by Crippen LogP contribution is 2.22. The molecular formula is C9H18Cl2O3. The number of hydrogen-bond donors (Lipinski definition) is 0. The predicted molar refractivity (Wildman–Crippen MR) is 58.4 cm³/mol. The van der Waals surface area contributed by atoms with E-state index in [9.17, 15) is 0 Å². The number of rotatable bonds is 9. The fourth-order valence-corrected chi connectivity index (χ4v) is 1.56. The zero-order chi connectivity index (χ0) is 10.9. The van der Waals surface area contributed by atoms with Gasteiger partial charge in [-0.1, -0.05) is 0 Å². The maximum absolute atomic E-state index is 5.84. The molecule has 0 aliphatic rings. The quantitative estimate of drug-likeness (QED) is 0.457. The molecule has 0 saturated heterocycles. The van der Waals surface area contributed by atoms with Crippen LogP contribution < -0.4 is 0 Å². The van der Waals surface area contributed by atoms with E-state index >= 15 is 0 Å². The first-order valence-electron chi connectivity index (χ1n) is 4.42. The normalized spacial score (nSPS) is 12.0. The smallest absolute Gasteiger partial charge is 0.0700 e. The van der Waals surface area contributed by atoms with Crippen molar-refractivity contribution in [2.24, 2.45) is 5.41 Å². The molecule has 0 amide bonds. The number of ether oxygens (including phenoxy) is 3. The van der Waals surface area contributed by atoms with Crippen LogP contribution in [0.5, 0.6) is 0 Å². The number of halogens is 2. The van der Waals surface area contributed by atoms with E-state index in [-0.39, 0.29) is 5.41 Å². The Kier molecular flexibility index (Phi) is 9.03. The van der Waals surface area contributed by atoms with Gasteiger partial charge in [-0.15, -0.1) is 23.2 Å². The third-order valence-electron chi connectivity index (χ3n) is 1.86. The molecular weight excluding hydrogens is 227 g/mol.